The zero-order valence-electron chi connectivity index (χ0n) is 18.4. The molecule has 4 aromatic rings. The summed E-state index contributed by atoms with van der Waals surface area (Å²) in [5.74, 6) is 2.10. The third-order valence-corrected chi connectivity index (χ3v) is 5.07. The molecule has 0 aliphatic carbocycles. The predicted octanol–water partition coefficient (Wildman–Crippen LogP) is 3.68. The first-order chi connectivity index (χ1) is 15.0. The Balaban J connectivity index is 1.54. The Morgan fingerprint density at radius 1 is 1.10 bits per heavy atom. The summed E-state index contributed by atoms with van der Waals surface area (Å²) in [7, 11) is 1.79. The van der Waals surface area contributed by atoms with E-state index in [9.17, 15) is 0 Å². The number of ether oxygens (including phenoxy) is 1. The van der Waals surface area contributed by atoms with E-state index in [0.717, 1.165) is 41.1 Å². The first-order valence-electron chi connectivity index (χ1n) is 10.6. The van der Waals surface area contributed by atoms with Crippen LogP contribution in [-0.2, 0) is 13.7 Å². The quantitative estimate of drug-likeness (QED) is 0.413. The summed E-state index contributed by atoms with van der Waals surface area (Å²) < 4.78 is 9.53. The molecule has 0 spiro atoms. The van der Waals surface area contributed by atoms with Gasteiger partial charge in [0.2, 0.25) is 0 Å². The average Bonchev–Trinajstić information content (AvgIpc) is 3.33. The maximum absolute atomic E-state index is 6.11. The van der Waals surface area contributed by atoms with Gasteiger partial charge in [-0.2, -0.15) is 4.98 Å². The monoisotopic (exact) mass is 420 g/mol. The fourth-order valence-corrected chi connectivity index (χ4v) is 3.45. The molecule has 0 amide bonds. The highest BCUT2D eigenvalue weighted by Gasteiger charge is 2.19. The van der Waals surface area contributed by atoms with Crippen LogP contribution in [0.3, 0.4) is 0 Å². The first-order valence-corrected chi connectivity index (χ1v) is 10.6. The molecular formula is C22H28N8O. The minimum atomic E-state index is 0.287. The molecule has 9 heteroatoms. The number of tetrazole rings is 1. The number of imidazole rings is 1. The number of hydrogen-bond donors (Lipinski definition) is 1. The van der Waals surface area contributed by atoms with E-state index in [1.54, 1.807) is 11.7 Å². The molecule has 0 unspecified atom stereocenters. The summed E-state index contributed by atoms with van der Waals surface area (Å²) in [5.41, 5.74) is 3.62. The van der Waals surface area contributed by atoms with Crippen molar-refractivity contribution >= 4 is 16.9 Å². The van der Waals surface area contributed by atoms with E-state index >= 15 is 0 Å². The van der Waals surface area contributed by atoms with Crippen LogP contribution >= 0.6 is 0 Å². The minimum absolute atomic E-state index is 0.287. The molecular weight excluding hydrogens is 392 g/mol. The lowest BCUT2D eigenvalue weighted by Crippen LogP contribution is -2.09. The first kappa shape index (κ1) is 20.8. The second-order valence-electron chi connectivity index (χ2n) is 8.04. The van der Waals surface area contributed by atoms with Crippen molar-refractivity contribution < 1.29 is 4.74 Å². The van der Waals surface area contributed by atoms with Crippen molar-refractivity contribution in [3.05, 3.63) is 47.7 Å². The van der Waals surface area contributed by atoms with Crippen molar-refractivity contribution in [1.29, 1.82) is 0 Å². The van der Waals surface area contributed by atoms with Crippen LogP contribution in [0.1, 0.15) is 37.9 Å². The number of fused-ring (bicyclic) bond motifs is 1. The van der Waals surface area contributed by atoms with Crippen LogP contribution < -0.4 is 10.1 Å². The van der Waals surface area contributed by atoms with Gasteiger partial charge in [-0.05, 0) is 59.9 Å². The summed E-state index contributed by atoms with van der Waals surface area (Å²) in [4.78, 5) is 9.38. The van der Waals surface area contributed by atoms with Crippen molar-refractivity contribution in [2.75, 3.05) is 11.9 Å². The van der Waals surface area contributed by atoms with Gasteiger partial charge in [0.05, 0.1) is 16.7 Å². The zero-order valence-corrected chi connectivity index (χ0v) is 18.4. The molecule has 0 radical (unpaired) electrons. The SMILES string of the molecule is Cc1cccc2c1nc(OCc1cccc(NCCCC(C)C)n1)n2-c1nnnn1C. The van der Waals surface area contributed by atoms with Crippen LogP contribution in [-0.4, -0.2) is 41.3 Å². The minimum Gasteiger partial charge on any atom is -0.458 e. The highest BCUT2D eigenvalue weighted by molar-refractivity contribution is 5.81. The number of para-hydroxylation sites is 1. The van der Waals surface area contributed by atoms with Crippen LogP contribution in [0.4, 0.5) is 5.82 Å². The van der Waals surface area contributed by atoms with Gasteiger partial charge in [0.15, 0.2) is 0 Å². The lowest BCUT2D eigenvalue weighted by atomic mass is 10.1. The number of nitrogens with zero attached hydrogens (tertiary/aromatic N) is 7. The molecule has 0 saturated heterocycles. The standard InChI is InChI=1S/C22H28N8O/c1-15(2)8-7-13-23-19-12-6-10-17(24-19)14-31-22-25-20-16(3)9-5-11-18(20)30(22)21-26-27-28-29(21)4/h5-6,9-12,15H,7-8,13-14H2,1-4H3,(H,23,24). The number of benzene rings is 1. The fourth-order valence-electron chi connectivity index (χ4n) is 3.45. The Morgan fingerprint density at radius 3 is 2.71 bits per heavy atom. The van der Waals surface area contributed by atoms with E-state index in [-0.39, 0.29) is 6.61 Å². The number of nitrogens with one attached hydrogen (secondary N) is 1. The number of hydrogen-bond acceptors (Lipinski definition) is 7. The third kappa shape index (κ3) is 4.65. The molecule has 4 rings (SSSR count). The van der Waals surface area contributed by atoms with E-state index in [4.69, 9.17) is 9.72 Å². The van der Waals surface area contributed by atoms with Crippen molar-refractivity contribution in [2.45, 2.75) is 40.2 Å². The van der Waals surface area contributed by atoms with E-state index in [1.807, 2.05) is 47.9 Å². The molecule has 9 nitrogen and oxygen atoms in total. The Labute approximate surface area is 181 Å². The van der Waals surface area contributed by atoms with Crippen LogP contribution in [0.2, 0.25) is 0 Å². The van der Waals surface area contributed by atoms with Crippen molar-refractivity contribution in [3.8, 4) is 12.0 Å². The summed E-state index contributed by atoms with van der Waals surface area (Å²) in [5, 5.41) is 15.2. The predicted molar refractivity (Wildman–Crippen MR) is 119 cm³/mol. The second-order valence-corrected chi connectivity index (χ2v) is 8.04. The molecule has 0 bridgehead atoms. The van der Waals surface area contributed by atoms with Gasteiger partial charge in [-0.3, -0.25) is 0 Å². The number of aromatic nitrogens is 7. The smallest absolute Gasteiger partial charge is 0.305 e. The molecule has 0 aliphatic rings. The molecule has 1 N–H and O–H groups in total. The number of aryl methyl sites for hydroxylation is 2. The number of anilines is 1. The fraction of sp³-hybridized carbons (Fsp3) is 0.409. The molecule has 1 aromatic carbocycles. The maximum Gasteiger partial charge on any atom is 0.305 e. The van der Waals surface area contributed by atoms with Gasteiger partial charge in [-0.25, -0.2) is 14.2 Å². The van der Waals surface area contributed by atoms with Crippen molar-refractivity contribution in [3.63, 3.8) is 0 Å². The molecule has 3 heterocycles. The van der Waals surface area contributed by atoms with Crippen LogP contribution in [0.15, 0.2) is 36.4 Å². The van der Waals surface area contributed by atoms with E-state index in [0.29, 0.717) is 17.9 Å². The maximum atomic E-state index is 6.11. The topological polar surface area (TPSA) is 95.6 Å². The van der Waals surface area contributed by atoms with Gasteiger partial charge in [0.1, 0.15) is 12.4 Å². The summed E-state index contributed by atoms with van der Waals surface area (Å²) >= 11 is 0. The zero-order chi connectivity index (χ0) is 21.8. The van der Waals surface area contributed by atoms with Gasteiger partial charge in [0.25, 0.3) is 5.95 Å². The molecule has 0 saturated carbocycles. The van der Waals surface area contributed by atoms with Crippen LogP contribution in [0.5, 0.6) is 6.01 Å². The molecule has 162 valence electrons. The lowest BCUT2D eigenvalue weighted by molar-refractivity contribution is 0.272. The normalized spacial score (nSPS) is 11.4. The van der Waals surface area contributed by atoms with E-state index in [2.05, 4.69) is 39.7 Å². The summed E-state index contributed by atoms with van der Waals surface area (Å²) in [6, 6.07) is 12.3. The van der Waals surface area contributed by atoms with Gasteiger partial charge in [-0.15, -0.1) is 0 Å². The van der Waals surface area contributed by atoms with Gasteiger partial charge in [0, 0.05) is 13.6 Å². The largest absolute Gasteiger partial charge is 0.458 e. The van der Waals surface area contributed by atoms with Crippen molar-refractivity contribution in [2.24, 2.45) is 13.0 Å². The third-order valence-electron chi connectivity index (χ3n) is 5.07. The average molecular weight is 421 g/mol. The van der Waals surface area contributed by atoms with E-state index in [1.165, 1.54) is 6.42 Å². The van der Waals surface area contributed by atoms with Crippen molar-refractivity contribution in [1.82, 2.24) is 34.7 Å². The summed E-state index contributed by atoms with van der Waals surface area (Å²) in [6.45, 7) is 7.69. The number of rotatable bonds is 9. The van der Waals surface area contributed by atoms with E-state index < -0.39 is 0 Å². The van der Waals surface area contributed by atoms with Gasteiger partial charge in [-0.1, -0.05) is 37.1 Å². The Hall–Kier alpha value is -3.49. The molecule has 31 heavy (non-hydrogen) atoms. The summed E-state index contributed by atoms with van der Waals surface area (Å²) in [6.07, 6.45) is 2.32. The second kappa shape index (κ2) is 9.11. The molecule has 0 atom stereocenters. The Bertz CT molecular complexity index is 1160. The molecule has 3 aromatic heterocycles. The van der Waals surface area contributed by atoms with Crippen LogP contribution in [0.25, 0.3) is 17.0 Å². The van der Waals surface area contributed by atoms with Crippen LogP contribution in [0, 0.1) is 12.8 Å². The Morgan fingerprint density at radius 2 is 1.94 bits per heavy atom. The number of pyridine rings is 1. The Kier molecular flexibility index (Phi) is 6.11. The highest BCUT2D eigenvalue weighted by Crippen LogP contribution is 2.27. The molecule has 0 fully saturated rings. The van der Waals surface area contributed by atoms with Gasteiger partial charge >= 0.3 is 6.01 Å². The highest BCUT2D eigenvalue weighted by atomic mass is 16.5. The van der Waals surface area contributed by atoms with Gasteiger partial charge < -0.3 is 10.1 Å². The molecule has 0 aliphatic heterocycles. The lowest BCUT2D eigenvalue weighted by Gasteiger charge is -2.10.